The number of hydrogen-bond donors (Lipinski definition) is 1. The number of nitrogens with one attached hydrogen (secondary N) is 1. The normalized spacial score (nSPS) is 11.2. The van der Waals surface area contributed by atoms with Gasteiger partial charge in [-0.2, -0.15) is 0 Å². The van der Waals surface area contributed by atoms with Crippen LogP contribution in [0.3, 0.4) is 0 Å². The second kappa shape index (κ2) is 6.26. The van der Waals surface area contributed by atoms with Crippen LogP contribution in [0.4, 0.5) is 4.39 Å². The Kier molecular flexibility index (Phi) is 4.66. The molecular weight excluding hydrogens is 259 g/mol. The van der Waals surface area contributed by atoms with Gasteiger partial charge in [0.25, 0.3) is 0 Å². The second-order valence-corrected chi connectivity index (χ2v) is 6.23. The summed E-state index contributed by atoms with van der Waals surface area (Å²) < 4.78 is 13.1. The summed E-state index contributed by atoms with van der Waals surface area (Å²) in [5, 5.41) is 4.36. The fourth-order valence-corrected chi connectivity index (χ4v) is 2.84. The molecule has 0 amide bonds. The van der Waals surface area contributed by atoms with Crippen LogP contribution in [0.1, 0.15) is 24.3 Å². The van der Waals surface area contributed by atoms with Crippen LogP contribution in [0.2, 0.25) is 0 Å². The first-order valence-electron chi connectivity index (χ1n) is 6.48. The Morgan fingerprint density at radius 1 is 1.37 bits per heavy atom. The molecule has 1 aromatic heterocycles. The van der Waals surface area contributed by atoms with E-state index in [-0.39, 0.29) is 5.82 Å². The number of halogens is 1. The monoisotopic (exact) mass is 278 g/mol. The molecule has 1 heterocycles. The third-order valence-electron chi connectivity index (χ3n) is 2.82. The molecule has 0 unspecified atom stereocenters. The highest BCUT2D eigenvalue weighted by Gasteiger charge is 2.08. The van der Waals surface area contributed by atoms with Crippen molar-refractivity contribution in [1.82, 2.24) is 10.3 Å². The first kappa shape index (κ1) is 14.2. The summed E-state index contributed by atoms with van der Waals surface area (Å²) in [5.74, 6) is 0.448. The van der Waals surface area contributed by atoms with Crippen molar-refractivity contribution in [1.29, 1.82) is 0 Å². The van der Waals surface area contributed by atoms with Gasteiger partial charge in [0.05, 0.1) is 0 Å². The second-order valence-electron chi connectivity index (χ2n) is 5.12. The quantitative estimate of drug-likeness (QED) is 0.894. The minimum absolute atomic E-state index is 0.198. The molecule has 0 saturated heterocycles. The summed E-state index contributed by atoms with van der Waals surface area (Å²) in [6.45, 7) is 8.13. The topological polar surface area (TPSA) is 24.9 Å². The molecule has 0 saturated carbocycles. The Hall–Kier alpha value is -1.26. The van der Waals surface area contributed by atoms with Crippen LogP contribution in [0.5, 0.6) is 0 Å². The zero-order valence-corrected chi connectivity index (χ0v) is 12.4. The van der Waals surface area contributed by atoms with E-state index >= 15 is 0 Å². The van der Waals surface area contributed by atoms with Crippen LogP contribution >= 0.6 is 11.3 Å². The van der Waals surface area contributed by atoms with Gasteiger partial charge >= 0.3 is 0 Å². The van der Waals surface area contributed by atoms with E-state index in [9.17, 15) is 4.39 Å². The van der Waals surface area contributed by atoms with E-state index in [1.165, 1.54) is 10.9 Å². The van der Waals surface area contributed by atoms with Gasteiger partial charge in [-0.3, -0.25) is 0 Å². The molecule has 19 heavy (non-hydrogen) atoms. The van der Waals surface area contributed by atoms with Gasteiger partial charge in [-0.15, -0.1) is 11.3 Å². The maximum Gasteiger partial charge on any atom is 0.123 e. The first-order valence-corrected chi connectivity index (χ1v) is 7.30. The Morgan fingerprint density at radius 2 is 2.16 bits per heavy atom. The van der Waals surface area contributed by atoms with Crippen molar-refractivity contribution in [3.63, 3.8) is 0 Å². The van der Waals surface area contributed by atoms with Crippen molar-refractivity contribution in [2.24, 2.45) is 5.92 Å². The number of nitrogens with zero attached hydrogens (tertiary/aromatic N) is 1. The van der Waals surface area contributed by atoms with Crippen molar-refractivity contribution in [2.45, 2.75) is 27.3 Å². The largest absolute Gasteiger partial charge is 0.312 e. The van der Waals surface area contributed by atoms with E-state index in [0.29, 0.717) is 5.92 Å². The Balaban J connectivity index is 2.08. The molecule has 0 fully saturated rings. The van der Waals surface area contributed by atoms with Crippen LogP contribution in [-0.4, -0.2) is 11.5 Å². The summed E-state index contributed by atoms with van der Waals surface area (Å²) in [7, 11) is 0. The molecule has 0 spiro atoms. The summed E-state index contributed by atoms with van der Waals surface area (Å²) in [5.41, 5.74) is 1.94. The van der Waals surface area contributed by atoms with Gasteiger partial charge in [-0.1, -0.05) is 13.8 Å². The van der Waals surface area contributed by atoms with Crippen molar-refractivity contribution in [2.75, 3.05) is 6.54 Å². The zero-order valence-electron chi connectivity index (χ0n) is 11.5. The van der Waals surface area contributed by atoms with Crippen molar-refractivity contribution < 1.29 is 4.39 Å². The molecule has 0 bridgehead atoms. The van der Waals surface area contributed by atoms with E-state index in [1.54, 1.807) is 23.5 Å². The predicted molar refractivity (Wildman–Crippen MR) is 78.8 cm³/mol. The highest BCUT2D eigenvalue weighted by Crippen LogP contribution is 2.28. The minimum Gasteiger partial charge on any atom is -0.312 e. The molecule has 2 nitrogen and oxygen atoms in total. The van der Waals surface area contributed by atoms with Gasteiger partial charge in [0.2, 0.25) is 0 Å². The number of benzene rings is 1. The highest BCUT2D eigenvalue weighted by atomic mass is 32.1. The smallest absolute Gasteiger partial charge is 0.123 e. The molecular formula is C15H19FN2S. The molecule has 0 aliphatic carbocycles. The fraction of sp³-hybridized carbons (Fsp3) is 0.400. The summed E-state index contributed by atoms with van der Waals surface area (Å²) in [6.07, 6.45) is 1.90. The van der Waals surface area contributed by atoms with Crippen LogP contribution in [0, 0.1) is 18.7 Å². The van der Waals surface area contributed by atoms with Crippen LogP contribution in [0.25, 0.3) is 10.6 Å². The van der Waals surface area contributed by atoms with Gasteiger partial charge < -0.3 is 5.32 Å². The van der Waals surface area contributed by atoms with Crippen LogP contribution in [0.15, 0.2) is 24.4 Å². The minimum atomic E-state index is -0.198. The lowest BCUT2D eigenvalue weighted by atomic mass is 10.1. The lowest BCUT2D eigenvalue weighted by Crippen LogP contribution is -2.18. The Bertz CT molecular complexity index is 549. The van der Waals surface area contributed by atoms with Crippen molar-refractivity contribution >= 4 is 11.3 Å². The van der Waals surface area contributed by atoms with E-state index in [2.05, 4.69) is 24.1 Å². The maximum atomic E-state index is 13.1. The van der Waals surface area contributed by atoms with Crippen molar-refractivity contribution in [3.05, 3.63) is 40.7 Å². The molecule has 1 aromatic carbocycles. The average molecular weight is 278 g/mol. The molecule has 1 N–H and O–H groups in total. The third-order valence-corrected chi connectivity index (χ3v) is 3.85. The molecule has 0 aliphatic rings. The molecule has 102 valence electrons. The van der Waals surface area contributed by atoms with Gasteiger partial charge in [0.15, 0.2) is 0 Å². The summed E-state index contributed by atoms with van der Waals surface area (Å²) in [6, 6.07) is 4.84. The third kappa shape index (κ3) is 3.85. The molecule has 0 aliphatic heterocycles. The number of aryl methyl sites for hydroxylation is 1. The molecule has 0 radical (unpaired) electrons. The fourth-order valence-electron chi connectivity index (χ4n) is 1.86. The van der Waals surface area contributed by atoms with Crippen LogP contribution < -0.4 is 5.32 Å². The molecule has 2 rings (SSSR count). The van der Waals surface area contributed by atoms with Crippen molar-refractivity contribution in [3.8, 4) is 10.6 Å². The predicted octanol–water partition coefficient (Wildman–Crippen LogP) is 4.00. The van der Waals surface area contributed by atoms with E-state index in [4.69, 9.17) is 0 Å². The van der Waals surface area contributed by atoms with Gasteiger partial charge in [-0.05, 0) is 43.1 Å². The van der Waals surface area contributed by atoms with E-state index in [1.807, 2.05) is 13.1 Å². The maximum absolute atomic E-state index is 13.1. The number of aromatic nitrogens is 1. The lowest BCUT2D eigenvalue weighted by molar-refractivity contribution is 0.554. The highest BCUT2D eigenvalue weighted by molar-refractivity contribution is 7.15. The first-order chi connectivity index (χ1) is 9.06. The summed E-state index contributed by atoms with van der Waals surface area (Å²) in [4.78, 5) is 5.64. The molecule has 4 heteroatoms. The van der Waals surface area contributed by atoms with Crippen LogP contribution in [-0.2, 0) is 6.54 Å². The van der Waals surface area contributed by atoms with Gasteiger partial charge in [-0.25, -0.2) is 9.37 Å². The lowest BCUT2D eigenvalue weighted by Gasteiger charge is -2.05. The number of rotatable bonds is 5. The molecule has 2 aromatic rings. The van der Waals surface area contributed by atoms with Gasteiger partial charge in [0.1, 0.15) is 10.8 Å². The number of thiazole rings is 1. The Labute approximate surface area is 117 Å². The molecule has 0 atom stereocenters. The Morgan fingerprint density at radius 3 is 2.84 bits per heavy atom. The average Bonchev–Trinajstić information content (AvgIpc) is 2.77. The zero-order chi connectivity index (χ0) is 13.8. The SMILES string of the molecule is Cc1cc(F)ccc1-c1ncc(CNCC(C)C)s1. The number of hydrogen-bond acceptors (Lipinski definition) is 3. The standard InChI is InChI=1S/C15H19FN2S/c1-10(2)7-17-8-13-9-18-15(19-13)14-5-4-12(16)6-11(14)3/h4-6,9-10,17H,7-8H2,1-3H3. The van der Waals surface area contributed by atoms with Gasteiger partial charge in [0, 0.05) is 23.2 Å². The van der Waals surface area contributed by atoms with E-state index in [0.717, 1.165) is 29.2 Å². The summed E-state index contributed by atoms with van der Waals surface area (Å²) >= 11 is 1.66. The van der Waals surface area contributed by atoms with E-state index < -0.39 is 0 Å².